The molecule has 1 aromatic carbocycles. The van der Waals surface area contributed by atoms with Gasteiger partial charge in [-0.15, -0.1) is 0 Å². The van der Waals surface area contributed by atoms with E-state index < -0.39 is 0 Å². The van der Waals surface area contributed by atoms with Gasteiger partial charge in [0.25, 0.3) is 5.56 Å². The molecule has 28 heavy (non-hydrogen) atoms. The fraction of sp³-hybridized carbons (Fsp3) is 0.400. The number of aromatic nitrogens is 3. The van der Waals surface area contributed by atoms with Crippen molar-refractivity contribution in [2.75, 3.05) is 18.0 Å². The zero-order chi connectivity index (χ0) is 20.0. The smallest absolute Gasteiger partial charge is 0.331 e. The fourth-order valence-electron chi connectivity index (χ4n) is 4.01. The molecule has 0 bridgehead atoms. The highest BCUT2D eigenvalue weighted by Gasteiger charge is 2.24. The number of halogens is 1. The summed E-state index contributed by atoms with van der Waals surface area (Å²) < 4.78 is 4.64. The first-order valence-corrected chi connectivity index (χ1v) is 9.79. The molecule has 1 aliphatic rings. The van der Waals surface area contributed by atoms with Gasteiger partial charge in [-0.1, -0.05) is 29.8 Å². The highest BCUT2D eigenvalue weighted by molar-refractivity contribution is 6.31. The van der Waals surface area contributed by atoms with Crippen LogP contribution in [0.5, 0.6) is 0 Å². The molecular weight excluding hydrogens is 378 g/mol. The first-order chi connectivity index (χ1) is 13.4. The minimum Gasteiger partial charge on any atom is -0.356 e. The van der Waals surface area contributed by atoms with Crippen LogP contribution in [0.1, 0.15) is 18.4 Å². The Balaban J connectivity index is 1.98. The van der Waals surface area contributed by atoms with Crippen molar-refractivity contribution in [3.63, 3.8) is 0 Å². The van der Waals surface area contributed by atoms with Crippen LogP contribution in [0.25, 0.3) is 11.0 Å². The molecule has 0 spiro atoms. The molecule has 148 valence electrons. The van der Waals surface area contributed by atoms with E-state index in [0.717, 1.165) is 35.3 Å². The molecule has 8 heteroatoms. The topological polar surface area (TPSA) is 78.2 Å². The van der Waals surface area contributed by atoms with Gasteiger partial charge in [0, 0.05) is 44.3 Å². The van der Waals surface area contributed by atoms with Crippen LogP contribution >= 0.6 is 11.6 Å². The maximum Gasteiger partial charge on any atom is 0.331 e. The number of hydrogen-bond acceptors (Lipinski definition) is 4. The molecule has 1 unspecified atom stereocenters. The van der Waals surface area contributed by atoms with Crippen LogP contribution in [0, 0.1) is 0 Å². The fourth-order valence-corrected chi connectivity index (χ4v) is 4.21. The number of benzene rings is 1. The summed E-state index contributed by atoms with van der Waals surface area (Å²) >= 11 is 6.40. The summed E-state index contributed by atoms with van der Waals surface area (Å²) in [5.41, 5.74) is 7.59. The molecule has 0 saturated carbocycles. The number of piperidine rings is 1. The van der Waals surface area contributed by atoms with Crippen molar-refractivity contribution in [2.45, 2.75) is 25.4 Å². The molecule has 2 aromatic heterocycles. The van der Waals surface area contributed by atoms with Crippen molar-refractivity contribution in [3.8, 4) is 0 Å². The second-order valence-electron chi connectivity index (χ2n) is 7.47. The molecule has 2 N–H and O–H groups in total. The Bertz CT molecular complexity index is 1160. The Kier molecular flexibility index (Phi) is 4.81. The summed E-state index contributed by atoms with van der Waals surface area (Å²) in [6.07, 6.45) is 1.98. The summed E-state index contributed by atoms with van der Waals surface area (Å²) in [5, 5.41) is 0.646. The average Bonchev–Trinajstić information content (AvgIpc) is 3.06. The van der Waals surface area contributed by atoms with Gasteiger partial charge >= 0.3 is 5.69 Å². The van der Waals surface area contributed by atoms with Crippen LogP contribution in [0.15, 0.2) is 39.9 Å². The molecule has 1 saturated heterocycles. The van der Waals surface area contributed by atoms with E-state index in [4.69, 9.17) is 17.3 Å². The maximum absolute atomic E-state index is 13.0. The van der Waals surface area contributed by atoms with Gasteiger partial charge in [0.1, 0.15) is 11.3 Å². The van der Waals surface area contributed by atoms with E-state index in [1.54, 1.807) is 7.05 Å². The van der Waals surface area contributed by atoms with Crippen LogP contribution in [0.4, 0.5) is 5.82 Å². The SMILES string of the molecule is Cn1c(=O)c2c(cc(N3CCCC(N)C3)n2Cc2ccccc2Cl)n(C)c1=O. The summed E-state index contributed by atoms with van der Waals surface area (Å²) in [6, 6.07) is 9.61. The quantitative estimate of drug-likeness (QED) is 0.724. The van der Waals surface area contributed by atoms with Gasteiger partial charge in [0.2, 0.25) is 0 Å². The second kappa shape index (κ2) is 7.14. The predicted octanol–water partition coefficient (Wildman–Crippen LogP) is 1.67. The molecule has 0 aliphatic carbocycles. The molecule has 7 nitrogen and oxygen atoms in total. The van der Waals surface area contributed by atoms with Crippen LogP contribution in [-0.4, -0.2) is 32.8 Å². The Morgan fingerprint density at radius 2 is 1.93 bits per heavy atom. The molecule has 1 atom stereocenters. The first kappa shape index (κ1) is 18.8. The van der Waals surface area contributed by atoms with Gasteiger partial charge in [-0.3, -0.25) is 13.9 Å². The van der Waals surface area contributed by atoms with E-state index in [-0.39, 0.29) is 17.3 Å². The van der Waals surface area contributed by atoms with E-state index in [0.29, 0.717) is 29.1 Å². The number of fused-ring (bicyclic) bond motifs is 1. The highest BCUT2D eigenvalue weighted by atomic mass is 35.5. The predicted molar refractivity (Wildman–Crippen MR) is 112 cm³/mol. The van der Waals surface area contributed by atoms with E-state index in [9.17, 15) is 9.59 Å². The molecule has 4 rings (SSSR count). The van der Waals surface area contributed by atoms with Gasteiger partial charge in [0.15, 0.2) is 0 Å². The Morgan fingerprint density at radius 3 is 2.64 bits per heavy atom. The average molecular weight is 402 g/mol. The Labute approximate surface area is 167 Å². The zero-order valence-corrected chi connectivity index (χ0v) is 16.8. The molecule has 0 radical (unpaired) electrons. The van der Waals surface area contributed by atoms with Crippen LogP contribution in [0.2, 0.25) is 5.02 Å². The number of hydrogen-bond donors (Lipinski definition) is 1. The van der Waals surface area contributed by atoms with Crippen molar-refractivity contribution in [3.05, 3.63) is 61.8 Å². The molecule has 3 heterocycles. The summed E-state index contributed by atoms with van der Waals surface area (Å²) in [6.45, 7) is 2.02. The van der Waals surface area contributed by atoms with Crippen molar-refractivity contribution < 1.29 is 0 Å². The Hall–Kier alpha value is -2.51. The van der Waals surface area contributed by atoms with E-state index in [2.05, 4.69) is 4.90 Å². The lowest BCUT2D eigenvalue weighted by atomic mass is 10.1. The lowest BCUT2D eigenvalue weighted by molar-refractivity contribution is 0.499. The Morgan fingerprint density at radius 1 is 1.18 bits per heavy atom. The standard InChI is InChI=1S/C20H24ClN5O2/c1-23-16-10-17(25-9-5-7-14(22)12-25)26(11-13-6-3-4-8-15(13)21)18(16)19(27)24(2)20(23)28/h3-4,6,8,10,14H,5,7,9,11-12,22H2,1-2H3. The van der Waals surface area contributed by atoms with Crippen molar-refractivity contribution in [2.24, 2.45) is 19.8 Å². The number of nitrogens with zero attached hydrogens (tertiary/aromatic N) is 4. The number of aryl methyl sites for hydroxylation is 1. The third-order valence-electron chi connectivity index (χ3n) is 5.57. The first-order valence-electron chi connectivity index (χ1n) is 9.41. The van der Waals surface area contributed by atoms with Crippen LogP contribution in [0.3, 0.4) is 0 Å². The van der Waals surface area contributed by atoms with Gasteiger partial charge in [-0.05, 0) is 24.5 Å². The molecule has 1 fully saturated rings. The van der Waals surface area contributed by atoms with Crippen LogP contribution < -0.4 is 21.9 Å². The van der Waals surface area contributed by atoms with Crippen LogP contribution in [-0.2, 0) is 20.6 Å². The third kappa shape index (κ3) is 3.04. The summed E-state index contributed by atoms with van der Waals surface area (Å²) in [7, 11) is 3.20. The van der Waals surface area contributed by atoms with E-state index in [1.807, 2.05) is 34.9 Å². The second-order valence-corrected chi connectivity index (χ2v) is 7.88. The summed E-state index contributed by atoms with van der Waals surface area (Å²) in [4.78, 5) is 27.6. The molecule has 1 aliphatic heterocycles. The molecular formula is C20H24ClN5O2. The molecule has 0 amide bonds. The summed E-state index contributed by atoms with van der Waals surface area (Å²) in [5.74, 6) is 0.892. The van der Waals surface area contributed by atoms with Crippen molar-refractivity contribution >= 4 is 28.5 Å². The van der Waals surface area contributed by atoms with Gasteiger partial charge in [-0.2, -0.15) is 0 Å². The number of rotatable bonds is 3. The highest BCUT2D eigenvalue weighted by Crippen LogP contribution is 2.28. The van der Waals surface area contributed by atoms with E-state index >= 15 is 0 Å². The van der Waals surface area contributed by atoms with Crippen molar-refractivity contribution in [1.29, 1.82) is 0 Å². The lowest BCUT2D eigenvalue weighted by Crippen LogP contribution is -2.43. The van der Waals surface area contributed by atoms with E-state index in [1.165, 1.54) is 11.6 Å². The monoisotopic (exact) mass is 401 g/mol. The maximum atomic E-state index is 13.0. The minimum atomic E-state index is -0.339. The minimum absolute atomic E-state index is 0.0900. The normalized spacial score (nSPS) is 17.4. The molecule has 3 aromatic rings. The zero-order valence-electron chi connectivity index (χ0n) is 16.1. The van der Waals surface area contributed by atoms with Gasteiger partial charge in [-0.25, -0.2) is 4.79 Å². The van der Waals surface area contributed by atoms with Gasteiger partial charge in [0.05, 0.1) is 12.1 Å². The van der Waals surface area contributed by atoms with Gasteiger partial charge < -0.3 is 15.2 Å². The number of anilines is 1. The third-order valence-corrected chi connectivity index (χ3v) is 5.93. The lowest BCUT2D eigenvalue weighted by Gasteiger charge is -2.33. The van der Waals surface area contributed by atoms with Crippen molar-refractivity contribution in [1.82, 2.24) is 13.7 Å². The number of nitrogens with two attached hydrogens (primary N) is 1. The largest absolute Gasteiger partial charge is 0.356 e.